The zero-order valence-electron chi connectivity index (χ0n) is 14.3. The summed E-state index contributed by atoms with van der Waals surface area (Å²) in [6.45, 7) is -0.328. The maximum atomic E-state index is 12.5. The normalized spacial score (nSPS) is 11.4. The highest BCUT2D eigenvalue weighted by Crippen LogP contribution is 2.32. The second-order valence-electron chi connectivity index (χ2n) is 5.68. The van der Waals surface area contributed by atoms with Crippen LogP contribution in [0.15, 0.2) is 59.6 Å². The lowest BCUT2D eigenvalue weighted by Crippen LogP contribution is -2.20. The molecule has 0 aliphatic carbocycles. The van der Waals surface area contributed by atoms with Crippen molar-refractivity contribution in [3.8, 4) is 5.75 Å². The van der Waals surface area contributed by atoms with E-state index >= 15 is 0 Å². The monoisotopic (exact) mass is 426 g/mol. The molecule has 1 heterocycles. The number of aromatic nitrogens is 1. The molecule has 1 aromatic heterocycles. The van der Waals surface area contributed by atoms with Crippen molar-refractivity contribution in [1.82, 2.24) is 4.98 Å². The first kappa shape index (κ1) is 20.3. The van der Waals surface area contributed by atoms with Crippen LogP contribution in [0, 0.1) is 0 Å². The number of nitrogens with one attached hydrogen (secondary N) is 1. The Morgan fingerprint density at radius 3 is 2.71 bits per heavy atom. The van der Waals surface area contributed by atoms with Crippen LogP contribution in [0.3, 0.4) is 0 Å². The van der Waals surface area contributed by atoms with Gasteiger partial charge in [0, 0.05) is 16.5 Å². The van der Waals surface area contributed by atoms with Crippen molar-refractivity contribution in [1.29, 1.82) is 0 Å². The van der Waals surface area contributed by atoms with Crippen LogP contribution in [0.2, 0.25) is 5.02 Å². The highest BCUT2D eigenvalue weighted by molar-refractivity contribution is 7.99. The SMILES string of the molecule is O=C(COc1ccc(Cl)c2cccnc12)Nc1ccccc1SCC(F)(F)F. The third-order valence-electron chi connectivity index (χ3n) is 3.59. The third-order valence-corrected chi connectivity index (χ3v) is 5.06. The molecular formula is C19H14ClF3N2O2S. The number of ether oxygens (including phenoxy) is 1. The van der Waals surface area contributed by atoms with Gasteiger partial charge in [0.1, 0.15) is 11.3 Å². The largest absolute Gasteiger partial charge is 0.481 e. The Morgan fingerprint density at radius 1 is 1.14 bits per heavy atom. The second kappa shape index (κ2) is 8.70. The van der Waals surface area contributed by atoms with E-state index in [1.165, 1.54) is 12.1 Å². The third kappa shape index (κ3) is 5.30. The van der Waals surface area contributed by atoms with Crippen LogP contribution < -0.4 is 10.1 Å². The zero-order chi connectivity index (χ0) is 20.1. The van der Waals surface area contributed by atoms with Crippen molar-refractivity contribution in [3.63, 3.8) is 0 Å². The van der Waals surface area contributed by atoms with Crippen molar-refractivity contribution in [3.05, 3.63) is 59.8 Å². The van der Waals surface area contributed by atoms with Crippen molar-refractivity contribution in [2.24, 2.45) is 0 Å². The van der Waals surface area contributed by atoms with Crippen LogP contribution in [-0.2, 0) is 4.79 Å². The molecule has 0 spiro atoms. The average molecular weight is 427 g/mol. The highest BCUT2D eigenvalue weighted by atomic mass is 35.5. The first-order valence-corrected chi connectivity index (χ1v) is 9.44. The predicted octanol–water partition coefficient (Wildman–Crippen LogP) is 5.56. The molecule has 9 heteroatoms. The van der Waals surface area contributed by atoms with E-state index in [4.69, 9.17) is 16.3 Å². The minimum absolute atomic E-state index is 0.296. The van der Waals surface area contributed by atoms with E-state index in [9.17, 15) is 18.0 Å². The first-order valence-electron chi connectivity index (χ1n) is 8.08. The van der Waals surface area contributed by atoms with Gasteiger partial charge >= 0.3 is 6.18 Å². The highest BCUT2D eigenvalue weighted by Gasteiger charge is 2.27. The van der Waals surface area contributed by atoms with Crippen LogP contribution in [0.1, 0.15) is 0 Å². The van der Waals surface area contributed by atoms with Gasteiger partial charge in [-0.25, -0.2) is 0 Å². The Morgan fingerprint density at radius 2 is 1.93 bits per heavy atom. The fraction of sp³-hybridized carbons (Fsp3) is 0.158. The molecule has 0 fully saturated rings. The molecule has 1 amide bonds. The first-order chi connectivity index (χ1) is 13.3. The maximum absolute atomic E-state index is 12.5. The zero-order valence-corrected chi connectivity index (χ0v) is 15.9. The van der Waals surface area contributed by atoms with Gasteiger partial charge in [0.2, 0.25) is 0 Å². The Hall–Kier alpha value is -2.45. The minimum atomic E-state index is -4.30. The molecule has 0 saturated heterocycles. The number of para-hydroxylation sites is 1. The molecule has 2 aromatic carbocycles. The number of thioether (sulfide) groups is 1. The van der Waals surface area contributed by atoms with Crippen LogP contribution in [0.4, 0.5) is 18.9 Å². The molecule has 4 nitrogen and oxygen atoms in total. The standard InChI is InChI=1S/C19H14ClF3N2O2S/c20-13-7-8-15(18-12(13)4-3-9-24-18)27-10-17(26)25-14-5-1-2-6-16(14)28-11-19(21,22)23/h1-9H,10-11H2,(H,25,26). The number of pyridine rings is 1. The Bertz CT molecular complexity index is 998. The van der Waals surface area contributed by atoms with E-state index in [0.717, 1.165) is 0 Å². The van der Waals surface area contributed by atoms with Gasteiger partial charge in [-0.15, -0.1) is 11.8 Å². The summed E-state index contributed by atoms with van der Waals surface area (Å²) in [5.41, 5.74) is 0.813. The van der Waals surface area contributed by atoms with Crippen molar-refractivity contribution in [2.75, 3.05) is 17.7 Å². The van der Waals surface area contributed by atoms with Gasteiger partial charge in [-0.05, 0) is 36.4 Å². The number of amides is 1. The molecule has 146 valence electrons. The van der Waals surface area contributed by atoms with Gasteiger partial charge in [0.05, 0.1) is 16.5 Å². The summed E-state index contributed by atoms with van der Waals surface area (Å²) >= 11 is 6.73. The number of alkyl halides is 3. The number of carbonyl (C=O) groups is 1. The summed E-state index contributed by atoms with van der Waals surface area (Å²) in [6.07, 6.45) is -2.72. The predicted molar refractivity (Wildman–Crippen MR) is 104 cm³/mol. The van der Waals surface area contributed by atoms with Crippen molar-refractivity contribution >= 4 is 45.9 Å². The number of rotatable bonds is 6. The van der Waals surface area contributed by atoms with Gasteiger partial charge in [-0.1, -0.05) is 23.7 Å². The molecular weight excluding hydrogens is 413 g/mol. The van der Waals surface area contributed by atoms with Crippen molar-refractivity contribution in [2.45, 2.75) is 11.1 Å². The molecule has 3 rings (SSSR count). The van der Waals surface area contributed by atoms with E-state index in [1.807, 2.05) is 0 Å². The topological polar surface area (TPSA) is 51.2 Å². The summed E-state index contributed by atoms with van der Waals surface area (Å²) in [5.74, 6) is -1.16. The summed E-state index contributed by atoms with van der Waals surface area (Å²) in [4.78, 5) is 16.8. The lowest BCUT2D eigenvalue weighted by Gasteiger charge is -2.13. The minimum Gasteiger partial charge on any atom is -0.481 e. The van der Waals surface area contributed by atoms with Gasteiger partial charge < -0.3 is 10.1 Å². The molecule has 28 heavy (non-hydrogen) atoms. The number of halogens is 4. The van der Waals surface area contributed by atoms with Crippen molar-refractivity contribution < 1.29 is 22.7 Å². The summed E-state index contributed by atoms with van der Waals surface area (Å²) < 4.78 is 42.9. The van der Waals surface area contributed by atoms with Crippen LogP contribution in [0.5, 0.6) is 5.75 Å². The Balaban J connectivity index is 1.67. The number of fused-ring (bicyclic) bond motifs is 1. The number of hydrogen-bond acceptors (Lipinski definition) is 4. The smallest absolute Gasteiger partial charge is 0.398 e. The lowest BCUT2D eigenvalue weighted by atomic mass is 10.2. The molecule has 3 aromatic rings. The van der Waals surface area contributed by atoms with Crippen LogP contribution >= 0.6 is 23.4 Å². The number of nitrogens with zero attached hydrogens (tertiary/aromatic N) is 1. The van der Waals surface area contributed by atoms with Gasteiger partial charge in [0.25, 0.3) is 5.91 Å². The van der Waals surface area contributed by atoms with E-state index in [1.54, 1.807) is 42.6 Å². The quantitative estimate of drug-likeness (QED) is 0.524. The second-order valence-corrected chi connectivity index (χ2v) is 7.11. The Labute approximate surface area is 168 Å². The number of anilines is 1. The lowest BCUT2D eigenvalue weighted by molar-refractivity contribution is -0.118. The Kier molecular flexibility index (Phi) is 6.31. The molecule has 1 N–H and O–H groups in total. The van der Waals surface area contributed by atoms with E-state index in [0.29, 0.717) is 44.0 Å². The van der Waals surface area contributed by atoms with Gasteiger partial charge in [0.15, 0.2) is 6.61 Å². The molecule has 0 radical (unpaired) electrons. The number of carbonyl (C=O) groups excluding carboxylic acids is 1. The summed E-state index contributed by atoms with van der Waals surface area (Å²) in [6, 6.07) is 13.1. The fourth-order valence-corrected chi connectivity index (χ4v) is 3.40. The molecule has 0 unspecified atom stereocenters. The van der Waals surface area contributed by atoms with Gasteiger partial charge in [-0.3, -0.25) is 9.78 Å². The van der Waals surface area contributed by atoms with E-state index < -0.39 is 17.8 Å². The van der Waals surface area contributed by atoms with Crippen LogP contribution in [-0.4, -0.2) is 29.4 Å². The fourth-order valence-electron chi connectivity index (χ4n) is 2.41. The molecule has 0 bridgehead atoms. The summed E-state index contributed by atoms with van der Waals surface area (Å²) in [5, 5.41) is 3.78. The van der Waals surface area contributed by atoms with Gasteiger partial charge in [-0.2, -0.15) is 13.2 Å². The summed E-state index contributed by atoms with van der Waals surface area (Å²) in [7, 11) is 0. The number of hydrogen-bond donors (Lipinski definition) is 1. The van der Waals surface area contributed by atoms with E-state index in [-0.39, 0.29) is 6.61 Å². The maximum Gasteiger partial charge on any atom is 0.398 e. The molecule has 0 atom stereocenters. The molecule has 0 saturated carbocycles. The van der Waals surface area contributed by atoms with Crippen LogP contribution in [0.25, 0.3) is 10.9 Å². The van der Waals surface area contributed by atoms with E-state index in [2.05, 4.69) is 10.3 Å². The number of benzene rings is 2. The molecule has 0 aliphatic rings. The average Bonchev–Trinajstić information content (AvgIpc) is 2.66. The molecule has 0 aliphatic heterocycles.